The van der Waals surface area contributed by atoms with Crippen LogP contribution in [0, 0.1) is 5.41 Å². The van der Waals surface area contributed by atoms with Gasteiger partial charge in [-0.1, -0.05) is 43.3 Å². The Kier molecular flexibility index (Phi) is 4.81. The quantitative estimate of drug-likeness (QED) is 0.267. The summed E-state index contributed by atoms with van der Waals surface area (Å²) < 4.78 is 2.50. The lowest BCUT2D eigenvalue weighted by atomic mass is 9.75. The third-order valence-corrected chi connectivity index (χ3v) is 8.72. The molecule has 32 heavy (non-hydrogen) atoms. The average molecular weight is 456 g/mol. The number of carbonyl (C=O) groups is 1. The number of nitrogens with zero attached hydrogens (tertiary/aromatic N) is 1. The Hall–Kier alpha value is -2.69. The molecule has 0 saturated heterocycles. The Bertz CT molecular complexity index is 1330. The predicted octanol–water partition coefficient (Wildman–Crippen LogP) is 8.40. The predicted molar refractivity (Wildman–Crippen MR) is 138 cm³/mol. The molecule has 2 nitrogen and oxygen atoms in total. The number of thiophene rings is 2. The molecule has 1 aliphatic rings. The highest BCUT2D eigenvalue weighted by molar-refractivity contribution is 7.13. The molecule has 2 aromatic carbocycles. The topological polar surface area (TPSA) is 22.0 Å². The molecule has 0 amide bonds. The van der Waals surface area contributed by atoms with E-state index in [1.54, 1.807) is 22.7 Å². The first-order valence-corrected chi connectivity index (χ1v) is 13.0. The number of ketones is 1. The Morgan fingerprint density at radius 2 is 1.47 bits per heavy atom. The van der Waals surface area contributed by atoms with Gasteiger partial charge >= 0.3 is 0 Å². The van der Waals surface area contributed by atoms with Crippen molar-refractivity contribution in [1.29, 1.82) is 0 Å². The van der Waals surface area contributed by atoms with Crippen LogP contribution < -0.4 is 0 Å². The molecule has 4 heteroatoms. The van der Waals surface area contributed by atoms with Crippen LogP contribution in [-0.2, 0) is 11.3 Å². The lowest BCUT2D eigenvalue weighted by Crippen LogP contribution is -2.30. The average Bonchev–Trinajstić information content (AvgIpc) is 3.55. The Morgan fingerprint density at radius 3 is 1.97 bits per heavy atom. The normalized spacial score (nSPS) is 19.2. The van der Waals surface area contributed by atoms with Gasteiger partial charge in [0.2, 0.25) is 0 Å². The van der Waals surface area contributed by atoms with Crippen LogP contribution in [0.1, 0.15) is 32.6 Å². The number of rotatable bonds is 4. The van der Waals surface area contributed by atoms with Gasteiger partial charge in [0, 0.05) is 50.9 Å². The molecule has 0 aliphatic heterocycles. The van der Waals surface area contributed by atoms with Gasteiger partial charge < -0.3 is 4.57 Å². The molecular formula is C28H25NOS2. The molecular weight excluding hydrogens is 430 g/mol. The van der Waals surface area contributed by atoms with Crippen LogP contribution in [0.25, 0.3) is 42.7 Å². The lowest BCUT2D eigenvalue weighted by Gasteiger charge is -2.33. The Balaban J connectivity index is 1.58. The highest BCUT2D eigenvalue weighted by Crippen LogP contribution is 2.41. The molecule has 0 bridgehead atoms. The number of hydrogen-bond acceptors (Lipinski definition) is 3. The molecule has 6 rings (SSSR count). The van der Waals surface area contributed by atoms with E-state index in [4.69, 9.17) is 0 Å². The van der Waals surface area contributed by atoms with Crippen molar-refractivity contribution in [3.63, 3.8) is 0 Å². The second-order valence-electron chi connectivity index (χ2n) is 9.38. The monoisotopic (exact) mass is 455 g/mol. The summed E-state index contributed by atoms with van der Waals surface area (Å²) >= 11 is 3.56. The fourth-order valence-electron chi connectivity index (χ4n) is 5.34. The summed E-state index contributed by atoms with van der Waals surface area (Å²) in [6.45, 7) is 3.18. The van der Waals surface area contributed by atoms with Gasteiger partial charge in [-0.15, -0.1) is 22.7 Å². The lowest BCUT2D eigenvalue weighted by molar-refractivity contribution is -0.123. The fraction of sp³-hybridized carbons (Fsp3) is 0.250. The minimum absolute atomic E-state index is 0.00604. The van der Waals surface area contributed by atoms with Gasteiger partial charge in [-0.3, -0.25) is 4.79 Å². The first-order chi connectivity index (χ1) is 15.6. The molecule has 0 spiro atoms. The zero-order chi connectivity index (χ0) is 21.7. The summed E-state index contributed by atoms with van der Waals surface area (Å²) in [5, 5.41) is 6.86. The van der Waals surface area contributed by atoms with E-state index in [1.807, 2.05) is 0 Å². The second-order valence-corrected chi connectivity index (χ2v) is 11.3. The molecule has 160 valence electrons. The Labute approximate surface area is 196 Å². The Morgan fingerprint density at radius 1 is 0.875 bits per heavy atom. The van der Waals surface area contributed by atoms with Gasteiger partial charge in [0.15, 0.2) is 0 Å². The molecule has 0 N–H and O–H groups in total. The molecule has 0 radical (unpaired) electrons. The van der Waals surface area contributed by atoms with Crippen LogP contribution >= 0.6 is 22.7 Å². The van der Waals surface area contributed by atoms with Crippen molar-refractivity contribution < 1.29 is 4.79 Å². The molecule has 1 aliphatic carbocycles. The summed E-state index contributed by atoms with van der Waals surface area (Å²) in [6, 6.07) is 22.4. The van der Waals surface area contributed by atoms with Crippen LogP contribution in [0.5, 0.6) is 0 Å². The zero-order valence-electron chi connectivity index (χ0n) is 18.1. The first-order valence-electron chi connectivity index (χ1n) is 11.3. The van der Waals surface area contributed by atoms with Crippen molar-refractivity contribution >= 4 is 50.3 Å². The number of benzene rings is 2. The van der Waals surface area contributed by atoms with Crippen molar-refractivity contribution in [2.75, 3.05) is 0 Å². The minimum Gasteiger partial charge on any atom is -0.340 e. The molecule has 1 atom stereocenters. The molecule has 3 aromatic heterocycles. The third kappa shape index (κ3) is 3.42. The number of Topliss-reactive ketones (excluding diaryl/α,β-unsaturated/α-hetero) is 1. The van der Waals surface area contributed by atoms with Crippen LogP contribution in [0.4, 0.5) is 0 Å². The van der Waals surface area contributed by atoms with Gasteiger partial charge in [-0.25, -0.2) is 0 Å². The third-order valence-electron chi connectivity index (χ3n) is 6.88. The second kappa shape index (κ2) is 7.72. The fourth-order valence-corrected chi connectivity index (χ4v) is 6.79. The van der Waals surface area contributed by atoms with E-state index in [0.29, 0.717) is 12.2 Å². The smallest absolute Gasteiger partial charge is 0.133 e. The SMILES string of the molecule is C[C@]1(Cn2c3cc(-c4cccs4)ccc3c3ccc(-c4cccs4)cc32)CCCC(=O)C1. The van der Waals surface area contributed by atoms with Gasteiger partial charge in [-0.2, -0.15) is 0 Å². The summed E-state index contributed by atoms with van der Waals surface area (Å²) in [5.41, 5.74) is 5.08. The zero-order valence-corrected chi connectivity index (χ0v) is 19.8. The maximum atomic E-state index is 12.3. The summed E-state index contributed by atoms with van der Waals surface area (Å²) in [6.07, 6.45) is 3.54. The van der Waals surface area contributed by atoms with Crippen LogP contribution in [0.15, 0.2) is 71.4 Å². The van der Waals surface area contributed by atoms with Crippen molar-refractivity contribution in [2.45, 2.75) is 39.2 Å². The van der Waals surface area contributed by atoms with E-state index in [2.05, 4.69) is 82.9 Å². The summed E-state index contributed by atoms with van der Waals surface area (Å²) in [5.74, 6) is 0.415. The molecule has 3 heterocycles. The van der Waals surface area contributed by atoms with Crippen LogP contribution in [0.3, 0.4) is 0 Å². The maximum absolute atomic E-state index is 12.3. The van der Waals surface area contributed by atoms with Crippen LogP contribution in [-0.4, -0.2) is 10.4 Å². The van der Waals surface area contributed by atoms with Gasteiger partial charge in [0.05, 0.1) is 0 Å². The van der Waals surface area contributed by atoms with Crippen molar-refractivity contribution in [3.05, 3.63) is 71.4 Å². The van der Waals surface area contributed by atoms with Crippen molar-refractivity contribution in [1.82, 2.24) is 4.57 Å². The highest BCUT2D eigenvalue weighted by atomic mass is 32.1. The van der Waals surface area contributed by atoms with Gasteiger partial charge in [-0.05, 0) is 64.4 Å². The van der Waals surface area contributed by atoms with Crippen LogP contribution in [0.2, 0.25) is 0 Å². The van der Waals surface area contributed by atoms with Gasteiger partial charge in [0.25, 0.3) is 0 Å². The number of fused-ring (bicyclic) bond motifs is 3. The molecule has 1 fully saturated rings. The molecule has 0 unspecified atom stereocenters. The highest BCUT2D eigenvalue weighted by Gasteiger charge is 2.32. The van der Waals surface area contributed by atoms with E-state index in [0.717, 1.165) is 25.8 Å². The summed E-state index contributed by atoms with van der Waals surface area (Å²) in [7, 11) is 0. The van der Waals surface area contributed by atoms with E-state index in [9.17, 15) is 4.79 Å². The molecule has 1 saturated carbocycles. The summed E-state index contributed by atoms with van der Waals surface area (Å²) in [4.78, 5) is 14.9. The van der Waals surface area contributed by atoms with E-state index in [-0.39, 0.29) is 5.41 Å². The van der Waals surface area contributed by atoms with Crippen molar-refractivity contribution in [2.24, 2.45) is 5.41 Å². The van der Waals surface area contributed by atoms with Crippen molar-refractivity contribution in [3.8, 4) is 20.9 Å². The number of aromatic nitrogens is 1. The van der Waals surface area contributed by atoms with Gasteiger partial charge in [0.1, 0.15) is 5.78 Å². The minimum atomic E-state index is 0.00604. The molecule has 5 aromatic rings. The largest absolute Gasteiger partial charge is 0.340 e. The maximum Gasteiger partial charge on any atom is 0.133 e. The van der Waals surface area contributed by atoms with E-state index in [1.165, 1.54) is 42.7 Å². The standard InChI is InChI=1S/C28H25NOS2/c1-28(12-2-5-21(30)17-28)18-29-24-15-19(26-6-3-13-31-26)8-10-22(24)23-11-9-20(16-25(23)29)27-7-4-14-32-27/h3-4,6-11,13-16H,2,5,12,17-18H2,1H3/t28-/m0/s1. The number of carbonyl (C=O) groups excluding carboxylic acids is 1. The first kappa shape index (κ1) is 20.0. The van der Waals surface area contributed by atoms with E-state index < -0.39 is 0 Å². The number of hydrogen-bond donors (Lipinski definition) is 0. The van der Waals surface area contributed by atoms with E-state index >= 15 is 0 Å².